The highest BCUT2D eigenvalue weighted by Crippen LogP contribution is 2.27. The monoisotopic (exact) mass is 472 g/mol. The molecule has 31 heavy (non-hydrogen) atoms. The lowest BCUT2D eigenvalue weighted by Crippen LogP contribution is -2.37. The number of carbonyl (C=O) groups is 1. The van der Waals surface area contributed by atoms with Gasteiger partial charge in [0.25, 0.3) is 0 Å². The van der Waals surface area contributed by atoms with Crippen molar-refractivity contribution >= 4 is 56.0 Å². The van der Waals surface area contributed by atoms with Gasteiger partial charge in [0.05, 0.1) is 22.4 Å². The van der Waals surface area contributed by atoms with Crippen molar-refractivity contribution in [2.75, 3.05) is 5.32 Å². The maximum atomic E-state index is 13.2. The molecule has 0 bridgehead atoms. The minimum Gasteiger partial charge on any atom is -0.323 e. The van der Waals surface area contributed by atoms with Gasteiger partial charge in [0.15, 0.2) is 0 Å². The quantitative estimate of drug-likeness (QED) is 0.435. The first-order chi connectivity index (χ1) is 14.8. The van der Waals surface area contributed by atoms with Crippen LogP contribution in [-0.2, 0) is 14.8 Å². The van der Waals surface area contributed by atoms with E-state index >= 15 is 0 Å². The molecule has 4 aromatic rings. The number of carbonyl (C=O) groups excluding carboxylic acids is 1. The van der Waals surface area contributed by atoms with Crippen LogP contribution < -0.4 is 10.0 Å². The maximum Gasteiger partial charge on any atom is 0.247 e. The van der Waals surface area contributed by atoms with Gasteiger partial charge in [-0.2, -0.15) is 13.5 Å². The van der Waals surface area contributed by atoms with E-state index in [0.29, 0.717) is 21.8 Å². The molecule has 1 amide bonds. The van der Waals surface area contributed by atoms with Crippen molar-refractivity contribution in [1.82, 2.24) is 13.5 Å². The van der Waals surface area contributed by atoms with Gasteiger partial charge in [-0.05, 0) is 42.3 Å². The highest BCUT2D eigenvalue weighted by Gasteiger charge is 2.29. The molecule has 0 spiro atoms. The van der Waals surface area contributed by atoms with Crippen LogP contribution in [0.2, 0.25) is 5.02 Å². The Kier molecular flexibility index (Phi) is 6.01. The van der Waals surface area contributed by atoms with Gasteiger partial charge in [0.2, 0.25) is 15.9 Å². The van der Waals surface area contributed by atoms with Crippen molar-refractivity contribution in [3.63, 3.8) is 0 Å². The Bertz CT molecular complexity index is 1360. The van der Waals surface area contributed by atoms with Crippen LogP contribution in [0, 0.1) is 6.92 Å². The Morgan fingerprint density at radius 3 is 2.55 bits per heavy atom. The summed E-state index contributed by atoms with van der Waals surface area (Å²) < 4.78 is 37.1. The Morgan fingerprint density at radius 1 is 1.03 bits per heavy atom. The molecule has 0 saturated heterocycles. The van der Waals surface area contributed by atoms with Crippen LogP contribution in [0.1, 0.15) is 17.2 Å². The molecule has 2 N–H and O–H groups in total. The van der Waals surface area contributed by atoms with Crippen molar-refractivity contribution in [1.29, 1.82) is 0 Å². The van der Waals surface area contributed by atoms with E-state index in [1.54, 1.807) is 60.7 Å². The Hall–Kier alpha value is -2.85. The molecule has 10 heteroatoms. The number of aromatic nitrogens is 2. The number of hydrogen-bond donors (Lipinski definition) is 2. The van der Waals surface area contributed by atoms with E-state index in [1.807, 2.05) is 6.92 Å². The number of sulfonamides is 1. The number of benzene rings is 3. The molecule has 0 radical (unpaired) electrons. The lowest BCUT2D eigenvalue weighted by molar-refractivity contribution is -0.117. The number of rotatable bonds is 6. The van der Waals surface area contributed by atoms with Crippen LogP contribution in [0.15, 0.2) is 71.6 Å². The van der Waals surface area contributed by atoms with E-state index in [1.165, 1.54) is 6.07 Å². The van der Waals surface area contributed by atoms with E-state index in [2.05, 4.69) is 18.8 Å². The van der Waals surface area contributed by atoms with Gasteiger partial charge >= 0.3 is 0 Å². The van der Waals surface area contributed by atoms with Crippen LogP contribution in [0.25, 0.3) is 11.0 Å². The van der Waals surface area contributed by atoms with Crippen LogP contribution in [0.5, 0.6) is 0 Å². The minimum absolute atomic E-state index is 0.0409. The van der Waals surface area contributed by atoms with Gasteiger partial charge in [0.1, 0.15) is 22.0 Å². The van der Waals surface area contributed by atoms with Crippen LogP contribution in [-0.4, -0.2) is 23.1 Å². The molecule has 3 aromatic carbocycles. The first kappa shape index (κ1) is 21.4. The summed E-state index contributed by atoms with van der Waals surface area (Å²) >= 11 is 7.16. The fourth-order valence-electron chi connectivity index (χ4n) is 3.06. The van der Waals surface area contributed by atoms with E-state index in [0.717, 1.165) is 17.3 Å². The number of aryl methyl sites for hydroxylation is 1. The second-order valence-corrected chi connectivity index (χ2v) is 9.44. The Morgan fingerprint density at radius 2 is 1.81 bits per heavy atom. The molecule has 0 fully saturated rings. The molecule has 1 heterocycles. The first-order valence-corrected chi connectivity index (χ1v) is 11.8. The summed E-state index contributed by atoms with van der Waals surface area (Å²) in [5.41, 5.74) is 2.54. The molecular weight excluding hydrogens is 456 g/mol. The van der Waals surface area contributed by atoms with Gasteiger partial charge in [0, 0.05) is 0 Å². The second-order valence-electron chi connectivity index (χ2n) is 6.83. The second kappa shape index (κ2) is 8.72. The molecule has 0 saturated carbocycles. The summed E-state index contributed by atoms with van der Waals surface area (Å²) in [6.45, 7) is 1.88. The zero-order valence-corrected chi connectivity index (χ0v) is 18.6. The van der Waals surface area contributed by atoms with Gasteiger partial charge < -0.3 is 5.32 Å². The lowest BCUT2D eigenvalue weighted by Gasteiger charge is -2.19. The minimum atomic E-state index is -4.10. The third-order valence-corrected chi connectivity index (χ3v) is 6.90. The molecule has 0 aliphatic rings. The fourth-order valence-corrected chi connectivity index (χ4v) is 5.29. The van der Waals surface area contributed by atoms with Crippen molar-refractivity contribution in [3.05, 3.63) is 82.9 Å². The molecule has 7 nitrogen and oxygen atoms in total. The number of hydrogen-bond acceptors (Lipinski definition) is 6. The normalized spacial score (nSPS) is 12.6. The van der Waals surface area contributed by atoms with Crippen molar-refractivity contribution < 1.29 is 13.2 Å². The van der Waals surface area contributed by atoms with Crippen LogP contribution >= 0.6 is 23.3 Å². The smallest absolute Gasteiger partial charge is 0.247 e. The summed E-state index contributed by atoms with van der Waals surface area (Å²) in [5, 5.41) is 3.08. The maximum absolute atomic E-state index is 13.2. The average Bonchev–Trinajstić information content (AvgIpc) is 3.23. The molecular formula is C21H17ClN4O3S2. The van der Waals surface area contributed by atoms with E-state index in [9.17, 15) is 13.2 Å². The topological polar surface area (TPSA) is 101 Å². The summed E-state index contributed by atoms with van der Waals surface area (Å²) in [5.74, 6) is -0.566. The Labute approximate surface area is 188 Å². The highest BCUT2D eigenvalue weighted by molar-refractivity contribution is 7.89. The molecule has 4 rings (SSSR count). The number of amides is 1. The third-order valence-electron chi connectivity index (χ3n) is 4.59. The molecule has 1 aromatic heterocycles. The number of nitrogens with one attached hydrogen (secondary N) is 2. The van der Waals surface area contributed by atoms with Gasteiger partial charge in [-0.3, -0.25) is 4.79 Å². The standard InChI is InChI=1S/C21H17ClN4O3S2/c1-13-10-11-16(15(22)12-13)23-21(27)19(14-6-3-2-4-7-14)26-31(28,29)18-9-5-8-17-20(18)25-30-24-17/h2-12,19,26H,1H3,(H,23,27)/t19-/m1/s1. The van der Waals surface area contributed by atoms with Crippen LogP contribution in [0.4, 0.5) is 5.69 Å². The summed E-state index contributed by atoms with van der Waals surface area (Å²) in [6.07, 6.45) is 0. The molecule has 1 atom stereocenters. The largest absolute Gasteiger partial charge is 0.323 e. The predicted octanol–water partition coefficient (Wildman–Crippen LogP) is 4.31. The lowest BCUT2D eigenvalue weighted by atomic mass is 10.1. The summed E-state index contributed by atoms with van der Waals surface area (Å²) in [6, 6.07) is 17.3. The van der Waals surface area contributed by atoms with E-state index < -0.39 is 22.0 Å². The first-order valence-electron chi connectivity index (χ1n) is 9.21. The van der Waals surface area contributed by atoms with Crippen LogP contribution in [0.3, 0.4) is 0 Å². The molecule has 158 valence electrons. The van der Waals surface area contributed by atoms with Crippen molar-refractivity contribution in [2.24, 2.45) is 0 Å². The predicted molar refractivity (Wildman–Crippen MR) is 122 cm³/mol. The zero-order chi connectivity index (χ0) is 22.0. The SMILES string of the molecule is Cc1ccc(NC(=O)[C@H](NS(=O)(=O)c2cccc3nsnc23)c2ccccc2)c(Cl)c1. The van der Waals surface area contributed by atoms with Gasteiger partial charge in [-0.15, -0.1) is 0 Å². The number of halogens is 1. The molecule has 0 unspecified atom stereocenters. The third kappa shape index (κ3) is 4.59. The number of fused-ring (bicyclic) bond motifs is 1. The van der Waals surface area contributed by atoms with Gasteiger partial charge in [-0.1, -0.05) is 54.1 Å². The van der Waals surface area contributed by atoms with Crippen molar-refractivity contribution in [3.8, 4) is 0 Å². The van der Waals surface area contributed by atoms with E-state index in [4.69, 9.17) is 11.6 Å². The Balaban J connectivity index is 1.70. The summed E-state index contributed by atoms with van der Waals surface area (Å²) in [7, 11) is -4.10. The summed E-state index contributed by atoms with van der Waals surface area (Å²) in [4.78, 5) is 13.1. The zero-order valence-electron chi connectivity index (χ0n) is 16.2. The van der Waals surface area contributed by atoms with Crippen molar-refractivity contribution in [2.45, 2.75) is 17.9 Å². The molecule has 0 aliphatic heterocycles. The van der Waals surface area contributed by atoms with E-state index in [-0.39, 0.29) is 10.4 Å². The molecule has 0 aliphatic carbocycles. The average molecular weight is 473 g/mol. The highest BCUT2D eigenvalue weighted by atomic mass is 35.5. The number of anilines is 1. The van der Waals surface area contributed by atoms with Gasteiger partial charge in [-0.25, -0.2) is 8.42 Å². The number of nitrogens with zero attached hydrogens (tertiary/aromatic N) is 2. The fraction of sp³-hybridized carbons (Fsp3) is 0.0952.